The third kappa shape index (κ3) is 12.9. The predicted molar refractivity (Wildman–Crippen MR) is 126 cm³/mol. The quantitative estimate of drug-likeness (QED) is 0.137. The molecule has 0 unspecified atom stereocenters. The maximum atomic E-state index is 11.5. The summed E-state index contributed by atoms with van der Waals surface area (Å²) in [5, 5.41) is 3.59. The number of ether oxygens (including phenoxy) is 2. The summed E-state index contributed by atoms with van der Waals surface area (Å²) in [4.78, 5) is 11.5. The Kier molecular flexibility index (Phi) is 14.9. The lowest BCUT2D eigenvalue weighted by Gasteiger charge is -2.19. The van der Waals surface area contributed by atoms with E-state index in [9.17, 15) is 4.79 Å². The highest BCUT2D eigenvalue weighted by Crippen LogP contribution is 2.19. The molecule has 4 nitrogen and oxygen atoms in total. The number of anilines is 1. The van der Waals surface area contributed by atoms with Gasteiger partial charge >= 0.3 is 5.97 Å². The van der Waals surface area contributed by atoms with Gasteiger partial charge in [-0.25, -0.2) is 4.79 Å². The van der Waals surface area contributed by atoms with E-state index in [2.05, 4.69) is 11.2 Å². The molecular weight excluding hydrogens is 374 g/mol. The van der Waals surface area contributed by atoms with Crippen molar-refractivity contribution in [3.05, 3.63) is 36.4 Å². The van der Waals surface area contributed by atoms with Gasteiger partial charge in [-0.05, 0) is 50.5 Å². The normalized spacial score (nSPS) is 11.8. The van der Waals surface area contributed by atoms with E-state index in [1.165, 1.54) is 51.0 Å². The first-order valence-electron chi connectivity index (χ1n) is 11.4. The molecule has 0 saturated carbocycles. The third-order valence-electron chi connectivity index (χ3n) is 5.05. The lowest BCUT2D eigenvalue weighted by molar-refractivity contribution is -0.137. The summed E-state index contributed by atoms with van der Waals surface area (Å²) in [6, 6.07) is 8.25. The zero-order valence-electron chi connectivity index (χ0n) is 18.8. The van der Waals surface area contributed by atoms with Crippen LogP contribution >= 0.6 is 0 Å². The van der Waals surface area contributed by atoms with Crippen LogP contribution in [0.2, 0.25) is 0 Å². The Labute approximate surface area is 183 Å². The number of methoxy groups -OCH3 is 1. The SMILES string of the molecule is C#CCCCCCCCCCC[C@H](C/C=C/C(=O)OCC)Nc1ccc(OC)cc1. The molecule has 0 bridgehead atoms. The molecule has 0 fully saturated rings. The highest BCUT2D eigenvalue weighted by atomic mass is 16.5. The van der Waals surface area contributed by atoms with Crippen LogP contribution in [0.4, 0.5) is 5.69 Å². The first-order valence-corrected chi connectivity index (χ1v) is 11.4. The Balaban J connectivity index is 2.37. The van der Waals surface area contributed by atoms with E-state index < -0.39 is 0 Å². The van der Waals surface area contributed by atoms with Crippen LogP contribution in [0.15, 0.2) is 36.4 Å². The van der Waals surface area contributed by atoms with E-state index in [1.54, 1.807) is 7.11 Å². The Morgan fingerprint density at radius 2 is 1.70 bits per heavy atom. The molecule has 0 amide bonds. The minimum Gasteiger partial charge on any atom is -0.497 e. The molecule has 0 aliphatic rings. The summed E-state index contributed by atoms with van der Waals surface area (Å²) in [5.74, 6) is 3.28. The van der Waals surface area contributed by atoms with Gasteiger partial charge in [0, 0.05) is 24.2 Å². The van der Waals surface area contributed by atoms with Crippen LogP contribution in [0.1, 0.15) is 77.6 Å². The lowest BCUT2D eigenvalue weighted by atomic mass is 10.0. The van der Waals surface area contributed by atoms with Crippen molar-refractivity contribution in [1.29, 1.82) is 0 Å². The molecule has 1 rings (SSSR count). The van der Waals surface area contributed by atoms with Gasteiger partial charge in [-0.15, -0.1) is 12.3 Å². The fourth-order valence-electron chi connectivity index (χ4n) is 3.37. The number of terminal acetylenes is 1. The fraction of sp³-hybridized carbons (Fsp3) is 0.577. The van der Waals surface area contributed by atoms with Crippen molar-refractivity contribution in [2.24, 2.45) is 0 Å². The monoisotopic (exact) mass is 413 g/mol. The molecule has 30 heavy (non-hydrogen) atoms. The van der Waals surface area contributed by atoms with Gasteiger partial charge in [0.15, 0.2) is 0 Å². The maximum Gasteiger partial charge on any atom is 0.330 e. The van der Waals surface area contributed by atoms with Crippen molar-refractivity contribution in [3.8, 4) is 18.1 Å². The average Bonchev–Trinajstić information content (AvgIpc) is 2.75. The number of hydrogen-bond donors (Lipinski definition) is 1. The van der Waals surface area contributed by atoms with Gasteiger partial charge in [0.2, 0.25) is 0 Å². The van der Waals surface area contributed by atoms with Crippen molar-refractivity contribution >= 4 is 11.7 Å². The van der Waals surface area contributed by atoms with Crippen LogP contribution < -0.4 is 10.1 Å². The molecule has 1 atom stereocenters. The van der Waals surface area contributed by atoms with Crippen molar-refractivity contribution in [1.82, 2.24) is 0 Å². The molecule has 0 radical (unpaired) electrons. The van der Waals surface area contributed by atoms with Crippen molar-refractivity contribution in [2.75, 3.05) is 19.0 Å². The summed E-state index contributed by atoms with van der Waals surface area (Å²) < 4.78 is 10.2. The highest BCUT2D eigenvalue weighted by Gasteiger charge is 2.08. The summed E-state index contributed by atoms with van der Waals surface area (Å²) in [5.41, 5.74) is 1.07. The Hall–Kier alpha value is -2.41. The molecule has 1 aromatic rings. The second kappa shape index (κ2) is 17.4. The molecule has 166 valence electrons. The van der Waals surface area contributed by atoms with E-state index in [-0.39, 0.29) is 12.0 Å². The van der Waals surface area contributed by atoms with Gasteiger partial charge in [0.05, 0.1) is 13.7 Å². The van der Waals surface area contributed by atoms with Gasteiger partial charge in [0.25, 0.3) is 0 Å². The van der Waals surface area contributed by atoms with Crippen LogP contribution in [0.25, 0.3) is 0 Å². The van der Waals surface area contributed by atoms with Crippen LogP contribution in [0, 0.1) is 12.3 Å². The number of nitrogens with one attached hydrogen (secondary N) is 1. The Bertz CT molecular complexity index is 631. The molecule has 0 aliphatic carbocycles. The molecule has 1 N–H and O–H groups in total. The topological polar surface area (TPSA) is 47.6 Å². The molecule has 0 aliphatic heterocycles. The van der Waals surface area contributed by atoms with Gasteiger partial charge in [0.1, 0.15) is 5.75 Å². The van der Waals surface area contributed by atoms with Crippen molar-refractivity contribution < 1.29 is 14.3 Å². The Morgan fingerprint density at radius 3 is 2.30 bits per heavy atom. The maximum absolute atomic E-state index is 11.5. The second-order valence-electron chi connectivity index (χ2n) is 7.53. The number of hydrogen-bond acceptors (Lipinski definition) is 4. The zero-order valence-corrected chi connectivity index (χ0v) is 18.8. The average molecular weight is 414 g/mol. The van der Waals surface area contributed by atoms with Crippen LogP contribution in [0.5, 0.6) is 5.75 Å². The molecule has 0 saturated heterocycles. The summed E-state index contributed by atoms with van der Waals surface area (Å²) in [6.07, 6.45) is 21.5. The van der Waals surface area contributed by atoms with E-state index in [4.69, 9.17) is 15.9 Å². The minimum absolute atomic E-state index is 0.275. The van der Waals surface area contributed by atoms with Gasteiger partial charge < -0.3 is 14.8 Å². The first kappa shape index (κ1) is 25.6. The first-order chi connectivity index (χ1) is 14.7. The molecule has 1 aromatic carbocycles. The minimum atomic E-state index is -0.275. The molecule has 0 spiro atoms. The molecule has 4 heteroatoms. The largest absolute Gasteiger partial charge is 0.497 e. The zero-order chi connectivity index (χ0) is 21.9. The van der Waals surface area contributed by atoms with Gasteiger partial charge in [-0.1, -0.05) is 51.0 Å². The highest BCUT2D eigenvalue weighted by molar-refractivity contribution is 5.81. The van der Waals surface area contributed by atoms with Gasteiger partial charge in [-0.2, -0.15) is 0 Å². The number of unbranched alkanes of at least 4 members (excludes halogenated alkanes) is 8. The smallest absolute Gasteiger partial charge is 0.330 e. The molecular formula is C26H39NO3. The standard InChI is InChI=1S/C26H39NO3/c1-4-6-7-8-9-10-11-12-13-14-16-23(17-15-18-26(28)30-5-2)27-24-19-21-25(29-3)22-20-24/h1,15,18-23,27H,5-14,16-17H2,2-3H3/b18-15+/t23-/m1/s1. The van der Waals surface area contributed by atoms with Crippen LogP contribution in [-0.4, -0.2) is 25.7 Å². The van der Waals surface area contributed by atoms with E-state index in [0.717, 1.165) is 37.1 Å². The number of carbonyl (C=O) groups is 1. The number of esters is 1. The predicted octanol–water partition coefficient (Wildman–Crippen LogP) is 6.52. The van der Waals surface area contributed by atoms with Crippen molar-refractivity contribution in [2.45, 2.75) is 83.6 Å². The van der Waals surface area contributed by atoms with E-state index in [0.29, 0.717) is 6.61 Å². The lowest BCUT2D eigenvalue weighted by Crippen LogP contribution is -2.18. The molecule has 0 heterocycles. The third-order valence-corrected chi connectivity index (χ3v) is 5.05. The second-order valence-corrected chi connectivity index (χ2v) is 7.53. The Morgan fingerprint density at radius 1 is 1.07 bits per heavy atom. The van der Waals surface area contributed by atoms with E-state index in [1.807, 2.05) is 37.3 Å². The fourth-order valence-corrected chi connectivity index (χ4v) is 3.37. The number of benzene rings is 1. The summed E-state index contributed by atoms with van der Waals surface area (Å²) in [6.45, 7) is 2.22. The van der Waals surface area contributed by atoms with E-state index >= 15 is 0 Å². The number of rotatable bonds is 17. The van der Waals surface area contributed by atoms with Crippen LogP contribution in [0.3, 0.4) is 0 Å². The van der Waals surface area contributed by atoms with Crippen molar-refractivity contribution in [3.63, 3.8) is 0 Å². The summed E-state index contributed by atoms with van der Waals surface area (Å²) in [7, 11) is 1.67. The van der Waals surface area contributed by atoms with Crippen LogP contribution in [-0.2, 0) is 9.53 Å². The number of carbonyl (C=O) groups excluding carboxylic acids is 1. The van der Waals surface area contributed by atoms with Gasteiger partial charge in [-0.3, -0.25) is 0 Å². The molecule has 0 aromatic heterocycles. The summed E-state index contributed by atoms with van der Waals surface area (Å²) >= 11 is 0.